The van der Waals surface area contributed by atoms with Gasteiger partial charge in [0.05, 0.1) is 18.0 Å². The fourth-order valence-corrected chi connectivity index (χ4v) is 3.25. The SMILES string of the molecule is Cc1ccoc1C(=O)NC1CCN(C(C)C(=O)Nc2ccccc2F)CC1. The fourth-order valence-electron chi connectivity index (χ4n) is 3.25. The molecule has 1 aromatic carbocycles. The molecule has 1 fully saturated rings. The fraction of sp³-hybridized carbons (Fsp3) is 0.400. The molecule has 6 nitrogen and oxygen atoms in total. The topological polar surface area (TPSA) is 74.6 Å². The summed E-state index contributed by atoms with van der Waals surface area (Å²) in [5.74, 6) is -0.558. The number of likely N-dealkylation sites (tertiary alicyclic amines) is 1. The maximum atomic E-state index is 13.7. The van der Waals surface area contributed by atoms with E-state index < -0.39 is 5.82 Å². The Morgan fingerprint density at radius 3 is 2.56 bits per heavy atom. The van der Waals surface area contributed by atoms with Crippen molar-refractivity contribution in [2.45, 2.75) is 38.8 Å². The van der Waals surface area contributed by atoms with E-state index in [1.54, 1.807) is 31.2 Å². The Morgan fingerprint density at radius 1 is 1.22 bits per heavy atom. The Kier molecular flexibility index (Phi) is 5.91. The highest BCUT2D eigenvalue weighted by Crippen LogP contribution is 2.18. The van der Waals surface area contributed by atoms with Crippen molar-refractivity contribution in [1.82, 2.24) is 10.2 Å². The van der Waals surface area contributed by atoms with Crippen molar-refractivity contribution in [2.75, 3.05) is 18.4 Å². The number of rotatable bonds is 5. The third-order valence-corrected chi connectivity index (χ3v) is 4.99. The molecule has 1 aromatic heterocycles. The average molecular weight is 373 g/mol. The van der Waals surface area contributed by atoms with Gasteiger partial charge < -0.3 is 15.1 Å². The number of para-hydroxylation sites is 1. The number of nitrogens with one attached hydrogen (secondary N) is 2. The molecule has 2 amide bonds. The number of piperidine rings is 1. The number of carbonyl (C=O) groups excluding carboxylic acids is 2. The number of nitrogens with zero attached hydrogens (tertiary/aromatic N) is 1. The van der Waals surface area contributed by atoms with E-state index in [-0.39, 0.29) is 29.6 Å². The molecule has 1 unspecified atom stereocenters. The number of aryl methyl sites for hydroxylation is 1. The molecular formula is C20H24FN3O3. The maximum Gasteiger partial charge on any atom is 0.287 e. The number of furan rings is 1. The molecule has 1 atom stereocenters. The molecule has 0 radical (unpaired) electrons. The Bertz CT molecular complexity index is 812. The minimum atomic E-state index is -0.451. The van der Waals surface area contributed by atoms with E-state index in [1.165, 1.54) is 12.3 Å². The average Bonchev–Trinajstić information content (AvgIpc) is 3.09. The summed E-state index contributed by atoms with van der Waals surface area (Å²) in [5.41, 5.74) is 0.994. The van der Waals surface area contributed by atoms with Crippen LogP contribution >= 0.6 is 0 Å². The zero-order chi connectivity index (χ0) is 19.4. The summed E-state index contributed by atoms with van der Waals surface area (Å²) in [5, 5.41) is 5.63. The van der Waals surface area contributed by atoms with Gasteiger partial charge in [-0.15, -0.1) is 0 Å². The molecule has 2 heterocycles. The Hall–Kier alpha value is -2.67. The van der Waals surface area contributed by atoms with Crippen LogP contribution in [0.4, 0.5) is 10.1 Å². The predicted molar refractivity (Wildman–Crippen MR) is 100.0 cm³/mol. The molecule has 7 heteroatoms. The summed E-state index contributed by atoms with van der Waals surface area (Å²) in [6.07, 6.45) is 2.98. The van der Waals surface area contributed by atoms with Crippen molar-refractivity contribution < 1.29 is 18.4 Å². The first-order valence-electron chi connectivity index (χ1n) is 9.10. The summed E-state index contributed by atoms with van der Waals surface area (Å²) < 4.78 is 18.9. The van der Waals surface area contributed by atoms with Gasteiger partial charge in [0.25, 0.3) is 5.91 Å². The van der Waals surface area contributed by atoms with E-state index in [2.05, 4.69) is 10.6 Å². The first-order chi connectivity index (χ1) is 13.0. The number of benzene rings is 1. The van der Waals surface area contributed by atoms with Crippen LogP contribution in [0, 0.1) is 12.7 Å². The van der Waals surface area contributed by atoms with E-state index in [0.717, 1.165) is 18.4 Å². The highest BCUT2D eigenvalue weighted by atomic mass is 19.1. The van der Waals surface area contributed by atoms with Crippen molar-refractivity contribution in [3.05, 3.63) is 53.7 Å². The summed E-state index contributed by atoms with van der Waals surface area (Å²) in [4.78, 5) is 26.7. The molecule has 0 saturated carbocycles. The first-order valence-corrected chi connectivity index (χ1v) is 9.10. The van der Waals surface area contributed by atoms with Crippen molar-refractivity contribution in [2.24, 2.45) is 0 Å². The molecule has 2 aromatic rings. The predicted octanol–water partition coefficient (Wildman–Crippen LogP) is 2.95. The summed E-state index contributed by atoms with van der Waals surface area (Å²) in [6, 6.07) is 7.53. The maximum absolute atomic E-state index is 13.7. The third kappa shape index (κ3) is 4.54. The second-order valence-electron chi connectivity index (χ2n) is 6.86. The second kappa shape index (κ2) is 8.35. The molecule has 0 spiro atoms. The largest absolute Gasteiger partial charge is 0.459 e. The van der Waals surface area contributed by atoms with Crippen LogP contribution in [0.1, 0.15) is 35.9 Å². The van der Waals surface area contributed by atoms with Crippen LogP contribution in [0.25, 0.3) is 0 Å². The standard InChI is InChI=1S/C20H24FN3O3/c1-13-9-12-27-18(13)20(26)22-15-7-10-24(11-8-15)14(2)19(25)23-17-6-4-3-5-16(17)21/h3-6,9,12,14-15H,7-8,10-11H2,1-2H3,(H,22,26)(H,23,25). The van der Waals surface area contributed by atoms with Gasteiger partial charge in [0.15, 0.2) is 5.76 Å². The van der Waals surface area contributed by atoms with E-state index in [9.17, 15) is 14.0 Å². The normalized spacial score (nSPS) is 16.7. The van der Waals surface area contributed by atoms with Gasteiger partial charge in [0, 0.05) is 24.7 Å². The highest BCUT2D eigenvalue weighted by Gasteiger charge is 2.28. The highest BCUT2D eigenvalue weighted by molar-refractivity contribution is 5.94. The first kappa shape index (κ1) is 19.1. The third-order valence-electron chi connectivity index (χ3n) is 4.99. The molecule has 1 aliphatic rings. The number of amides is 2. The summed E-state index contributed by atoms with van der Waals surface area (Å²) >= 11 is 0. The number of halogens is 1. The Labute approximate surface area is 157 Å². The summed E-state index contributed by atoms with van der Waals surface area (Å²) in [6.45, 7) is 4.99. The van der Waals surface area contributed by atoms with Gasteiger partial charge in [-0.3, -0.25) is 14.5 Å². The second-order valence-corrected chi connectivity index (χ2v) is 6.86. The molecule has 0 aliphatic carbocycles. The van der Waals surface area contributed by atoms with Crippen LogP contribution in [0.2, 0.25) is 0 Å². The molecule has 144 valence electrons. The minimum Gasteiger partial charge on any atom is -0.459 e. The lowest BCUT2D eigenvalue weighted by Gasteiger charge is -2.35. The minimum absolute atomic E-state index is 0.0417. The van der Waals surface area contributed by atoms with Crippen molar-refractivity contribution in [3.63, 3.8) is 0 Å². The van der Waals surface area contributed by atoms with Crippen molar-refractivity contribution >= 4 is 17.5 Å². The molecule has 1 aliphatic heterocycles. The van der Waals surface area contributed by atoms with Crippen LogP contribution in [0.5, 0.6) is 0 Å². The number of anilines is 1. The monoisotopic (exact) mass is 373 g/mol. The van der Waals surface area contributed by atoms with Crippen LogP contribution in [0.15, 0.2) is 41.0 Å². The lowest BCUT2D eigenvalue weighted by molar-refractivity contribution is -0.121. The molecule has 27 heavy (non-hydrogen) atoms. The van der Waals surface area contributed by atoms with E-state index in [1.807, 2.05) is 11.8 Å². The van der Waals surface area contributed by atoms with Crippen LogP contribution in [0.3, 0.4) is 0 Å². The van der Waals surface area contributed by atoms with E-state index in [4.69, 9.17) is 4.42 Å². The smallest absolute Gasteiger partial charge is 0.287 e. The Morgan fingerprint density at radius 2 is 1.93 bits per heavy atom. The molecular weight excluding hydrogens is 349 g/mol. The van der Waals surface area contributed by atoms with Crippen LogP contribution in [-0.4, -0.2) is 41.9 Å². The van der Waals surface area contributed by atoms with Gasteiger partial charge in [-0.05, 0) is 44.9 Å². The number of carbonyl (C=O) groups is 2. The number of hydrogen-bond donors (Lipinski definition) is 2. The zero-order valence-electron chi connectivity index (χ0n) is 15.5. The van der Waals surface area contributed by atoms with Gasteiger partial charge >= 0.3 is 0 Å². The lowest BCUT2D eigenvalue weighted by Crippen LogP contribution is -2.50. The van der Waals surface area contributed by atoms with Gasteiger partial charge in [-0.2, -0.15) is 0 Å². The van der Waals surface area contributed by atoms with Crippen molar-refractivity contribution in [1.29, 1.82) is 0 Å². The van der Waals surface area contributed by atoms with Gasteiger partial charge in [-0.1, -0.05) is 12.1 Å². The number of hydrogen-bond acceptors (Lipinski definition) is 4. The van der Waals surface area contributed by atoms with E-state index in [0.29, 0.717) is 18.8 Å². The zero-order valence-corrected chi connectivity index (χ0v) is 15.5. The molecule has 0 bridgehead atoms. The van der Waals surface area contributed by atoms with E-state index >= 15 is 0 Å². The molecule has 2 N–H and O–H groups in total. The van der Waals surface area contributed by atoms with Gasteiger partial charge in [0.2, 0.25) is 5.91 Å². The van der Waals surface area contributed by atoms with Crippen molar-refractivity contribution in [3.8, 4) is 0 Å². The van der Waals surface area contributed by atoms with Gasteiger partial charge in [0.1, 0.15) is 5.82 Å². The Balaban J connectivity index is 1.49. The quantitative estimate of drug-likeness (QED) is 0.845. The lowest BCUT2D eigenvalue weighted by atomic mass is 10.0. The molecule has 3 rings (SSSR count). The summed E-state index contributed by atoms with van der Waals surface area (Å²) in [7, 11) is 0. The molecule has 1 saturated heterocycles. The van der Waals surface area contributed by atoms with Crippen LogP contribution < -0.4 is 10.6 Å². The van der Waals surface area contributed by atoms with Crippen LogP contribution in [-0.2, 0) is 4.79 Å². The van der Waals surface area contributed by atoms with Gasteiger partial charge in [-0.25, -0.2) is 4.39 Å².